The molecule has 0 saturated carbocycles. The maximum absolute atomic E-state index is 12.4. The van der Waals surface area contributed by atoms with Crippen molar-refractivity contribution in [1.82, 2.24) is 0 Å². The number of benzene rings is 2. The van der Waals surface area contributed by atoms with Crippen LogP contribution in [-0.4, -0.2) is 11.9 Å². The van der Waals surface area contributed by atoms with Crippen molar-refractivity contribution in [2.75, 3.05) is 0 Å². The molecule has 0 fully saturated rings. The predicted octanol–water partition coefficient (Wildman–Crippen LogP) is 4.17. The molecule has 0 N–H and O–H groups in total. The molecule has 0 aliphatic carbocycles. The van der Waals surface area contributed by atoms with Gasteiger partial charge in [0.15, 0.2) is 0 Å². The van der Waals surface area contributed by atoms with E-state index in [9.17, 15) is 9.59 Å². The van der Waals surface area contributed by atoms with Crippen LogP contribution in [0.2, 0.25) is 0 Å². The first-order valence-corrected chi connectivity index (χ1v) is 7.68. The molecule has 0 bridgehead atoms. The van der Waals surface area contributed by atoms with Gasteiger partial charge in [-0.2, -0.15) is 0 Å². The van der Waals surface area contributed by atoms with Crippen LogP contribution < -0.4 is 0 Å². The van der Waals surface area contributed by atoms with Gasteiger partial charge in [0.25, 0.3) is 0 Å². The predicted molar refractivity (Wildman–Crippen MR) is 90.3 cm³/mol. The monoisotopic (exact) mass is 330 g/mol. The minimum absolute atomic E-state index is 0.196. The molecule has 0 spiro atoms. The summed E-state index contributed by atoms with van der Waals surface area (Å²) in [5, 5.41) is 1.49. The molecular weight excluding hydrogens is 320 g/mol. The SMILES string of the molecule is O=C1OC(=O)C(c2coc3ccccc23)=C1c1coc2ccccc12. The van der Waals surface area contributed by atoms with Crippen molar-refractivity contribution in [1.29, 1.82) is 0 Å². The zero-order valence-corrected chi connectivity index (χ0v) is 12.8. The second-order valence-corrected chi connectivity index (χ2v) is 5.72. The molecular formula is C20H10O5. The standard InChI is InChI=1S/C20H10O5/c21-19-17(13-9-23-15-7-3-1-5-11(13)15)18(20(22)25-19)14-10-24-16-8-4-2-6-12(14)16/h1-10H. The summed E-state index contributed by atoms with van der Waals surface area (Å²) in [6.45, 7) is 0. The van der Waals surface area contributed by atoms with E-state index in [-0.39, 0.29) is 11.1 Å². The Kier molecular flexibility index (Phi) is 2.73. The summed E-state index contributed by atoms with van der Waals surface area (Å²) >= 11 is 0. The van der Waals surface area contributed by atoms with Crippen LogP contribution in [0.4, 0.5) is 0 Å². The maximum atomic E-state index is 12.4. The molecule has 0 unspecified atom stereocenters. The zero-order chi connectivity index (χ0) is 17.0. The molecule has 120 valence electrons. The van der Waals surface area contributed by atoms with Gasteiger partial charge in [-0.15, -0.1) is 0 Å². The molecule has 5 nitrogen and oxygen atoms in total. The Morgan fingerprint density at radius 2 is 1.04 bits per heavy atom. The van der Waals surface area contributed by atoms with E-state index in [0.717, 1.165) is 10.8 Å². The third kappa shape index (κ3) is 1.89. The van der Waals surface area contributed by atoms with E-state index in [1.807, 2.05) is 36.4 Å². The summed E-state index contributed by atoms with van der Waals surface area (Å²) in [5.41, 5.74) is 2.73. The minimum Gasteiger partial charge on any atom is -0.464 e. The largest absolute Gasteiger partial charge is 0.464 e. The van der Waals surface area contributed by atoms with E-state index in [0.29, 0.717) is 22.3 Å². The summed E-state index contributed by atoms with van der Waals surface area (Å²) in [7, 11) is 0. The van der Waals surface area contributed by atoms with Crippen LogP contribution in [0.15, 0.2) is 69.9 Å². The van der Waals surface area contributed by atoms with Gasteiger partial charge in [-0.05, 0) is 12.1 Å². The molecule has 2 aromatic heterocycles. The number of hydrogen-bond acceptors (Lipinski definition) is 5. The fraction of sp³-hybridized carbons (Fsp3) is 0. The first-order valence-electron chi connectivity index (χ1n) is 7.68. The van der Waals surface area contributed by atoms with Crippen LogP contribution in [0.1, 0.15) is 11.1 Å². The molecule has 0 amide bonds. The molecule has 4 aromatic rings. The average molecular weight is 330 g/mol. The molecule has 5 heteroatoms. The quantitative estimate of drug-likeness (QED) is 0.407. The lowest BCUT2D eigenvalue weighted by molar-refractivity contribution is -0.149. The number of esters is 2. The Morgan fingerprint density at radius 1 is 0.600 bits per heavy atom. The van der Waals surface area contributed by atoms with E-state index in [2.05, 4.69) is 0 Å². The highest BCUT2D eigenvalue weighted by atomic mass is 16.6. The lowest BCUT2D eigenvalue weighted by Crippen LogP contribution is -2.01. The van der Waals surface area contributed by atoms with Gasteiger partial charge in [-0.25, -0.2) is 9.59 Å². The average Bonchev–Trinajstić information content (AvgIpc) is 3.30. The summed E-state index contributed by atoms with van der Waals surface area (Å²) < 4.78 is 15.9. The van der Waals surface area contributed by atoms with Crippen molar-refractivity contribution in [3.8, 4) is 0 Å². The topological polar surface area (TPSA) is 69.7 Å². The summed E-state index contributed by atoms with van der Waals surface area (Å²) in [6, 6.07) is 14.6. The molecule has 1 aliphatic heterocycles. The third-order valence-electron chi connectivity index (χ3n) is 4.34. The Bertz CT molecular complexity index is 1110. The highest BCUT2D eigenvalue weighted by molar-refractivity contribution is 6.46. The number of carbonyl (C=O) groups is 2. The number of furan rings is 2. The molecule has 3 heterocycles. The molecule has 0 atom stereocenters. The zero-order valence-electron chi connectivity index (χ0n) is 12.8. The lowest BCUT2D eigenvalue weighted by atomic mass is 9.95. The fourth-order valence-corrected chi connectivity index (χ4v) is 3.22. The second-order valence-electron chi connectivity index (χ2n) is 5.72. The highest BCUT2D eigenvalue weighted by Crippen LogP contribution is 2.40. The van der Waals surface area contributed by atoms with Crippen molar-refractivity contribution in [2.24, 2.45) is 0 Å². The van der Waals surface area contributed by atoms with Gasteiger partial charge in [0, 0.05) is 21.9 Å². The van der Waals surface area contributed by atoms with Crippen molar-refractivity contribution in [3.05, 3.63) is 72.2 Å². The number of carbonyl (C=O) groups excluding carboxylic acids is 2. The normalized spacial score (nSPS) is 14.7. The second kappa shape index (κ2) is 4.95. The molecule has 5 rings (SSSR count). The van der Waals surface area contributed by atoms with Crippen LogP contribution in [0.5, 0.6) is 0 Å². The van der Waals surface area contributed by atoms with Crippen LogP contribution in [0.3, 0.4) is 0 Å². The maximum Gasteiger partial charge on any atom is 0.347 e. The lowest BCUT2D eigenvalue weighted by Gasteiger charge is -1.99. The first-order chi connectivity index (χ1) is 12.2. The number of hydrogen-bond donors (Lipinski definition) is 0. The fourth-order valence-electron chi connectivity index (χ4n) is 3.22. The molecule has 25 heavy (non-hydrogen) atoms. The van der Waals surface area contributed by atoms with Crippen molar-refractivity contribution in [3.63, 3.8) is 0 Å². The number of fused-ring (bicyclic) bond motifs is 2. The van der Waals surface area contributed by atoms with E-state index in [1.165, 1.54) is 12.5 Å². The molecule has 0 saturated heterocycles. The first kappa shape index (κ1) is 13.8. The van der Waals surface area contributed by atoms with E-state index >= 15 is 0 Å². The van der Waals surface area contributed by atoms with E-state index in [4.69, 9.17) is 13.6 Å². The number of ether oxygens (including phenoxy) is 1. The Hall–Kier alpha value is -3.60. The van der Waals surface area contributed by atoms with E-state index < -0.39 is 11.9 Å². The summed E-state index contributed by atoms with van der Waals surface area (Å²) in [5.74, 6) is -1.37. The smallest absolute Gasteiger partial charge is 0.347 e. The molecule has 2 aromatic carbocycles. The number of rotatable bonds is 2. The molecule has 1 aliphatic rings. The van der Waals surface area contributed by atoms with Crippen LogP contribution in [-0.2, 0) is 14.3 Å². The summed E-state index contributed by atoms with van der Waals surface area (Å²) in [6.07, 6.45) is 2.95. The summed E-state index contributed by atoms with van der Waals surface area (Å²) in [4.78, 5) is 24.8. The van der Waals surface area contributed by atoms with Gasteiger partial charge in [0.1, 0.15) is 11.2 Å². The van der Waals surface area contributed by atoms with Crippen LogP contribution in [0, 0.1) is 0 Å². The third-order valence-corrected chi connectivity index (χ3v) is 4.34. The van der Waals surface area contributed by atoms with E-state index in [1.54, 1.807) is 12.1 Å². The molecule has 0 radical (unpaired) electrons. The Morgan fingerprint density at radius 3 is 1.52 bits per heavy atom. The van der Waals surface area contributed by atoms with Gasteiger partial charge in [-0.3, -0.25) is 0 Å². The van der Waals surface area contributed by atoms with Crippen LogP contribution >= 0.6 is 0 Å². The minimum atomic E-state index is -0.683. The Balaban J connectivity index is 1.85. The van der Waals surface area contributed by atoms with Gasteiger partial charge in [0.2, 0.25) is 0 Å². The van der Waals surface area contributed by atoms with Crippen molar-refractivity contribution >= 4 is 45.0 Å². The van der Waals surface area contributed by atoms with Gasteiger partial charge >= 0.3 is 11.9 Å². The van der Waals surface area contributed by atoms with Crippen LogP contribution in [0.25, 0.3) is 33.1 Å². The van der Waals surface area contributed by atoms with Crippen molar-refractivity contribution in [2.45, 2.75) is 0 Å². The van der Waals surface area contributed by atoms with Crippen molar-refractivity contribution < 1.29 is 23.2 Å². The number of para-hydroxylation sites is 2. The van der Waals surface area contributed by atoms with Gasteiger partial charge in [0.05, 0.1) is 23.7 Å². The van der Waals surface area contributed by atoms with Gasteiger partial charge in [-0.1, -0.05) is 36.4 Å². The highest BCUT2D eigenvalue weighted by Gasteiger charge is 2.37. The number of cyclic esters (lactones) is 2. The van der Waals surface area contributed by atoms with Gasteiger partial charge < -0.3 is 13.6 Å². The Labute approximate surface area is 141 Å².